The zero-order chi connectivity index (χ0) is 8.04. The zero-order valence-corrected chi connectivity index (χ0v) is 6.22. The monoisotopic (exact) mass is 146 g/mol. The molecule has 0 aromatic heterocycles. The van der Waals surface area contributed by atoms with Gasteiger partial charge in [0.25, 0.3) is 12.2 Å². The van der Waals surface area contributed by atoms with E-state index in [4.69, 9.17) is 15.2 Å². The van der Waals surface area contributed by atoms with Gasteiger partial charge in [-0.1, -0.05) is 0 Å². The van der Waals surface area contributed by atoms with Gasteiger partial charge in [0.05, 0.1) is 0 Å². The first kappa shape index (κ1) is 9.55. The van der Waals surface area contributed by atoms with E-state index >= 15 is 0 Å². The molecule has 0 heterocycles. The van der Waals surface area contributed by atoms with Crippen molar-refractivity contribution < 1.29 is 14.3 Å². The van der Waals surface area contributed by atoms with Gasteiger partial charge in [-0.3, -0.25) is 10.5 Å². The predicted molar refractivity (Wildman–Crippen MR) is 35.9 cm³/mol. The molecular formula is C6H12NO3. The van der Waals surface area contributed by atoms with Crippen molar-refractivity contribution in [1.82, 2.24) is 0 Å². The Hall–Kier alpha value is -0.450. The van der Waals surface area contributed by atoms with E-state index in [2.05, 4.69) is 0 Å². The maximum atomic E-state index is 10.1. The van der Waals surface area contributed by atoms with Crippen molar-refractivity contribution in [2.75, 3.05) is 13.2 Å². The third-order valence-corrected chi connectivity index (χ3v) is 0.860. The largest absolute Gasteiger partial charge is 0.331 e. The van der Waals surface area contributed by atoms with Gasteiger partial charge in [-0.2, -0.15) is 0 Å². The molecule has 0 aliphatic rings. The van der Waals surface area contributed by atoms with Crippen molar-refractivity contribution in [2.45, 2.75) is 19.8 Å². The van der Waals surface area contributed by atoms with Crippen LogP contribution in [0.5, 0.6) is 0 Å². The van der Waals surface area contributed by atoms with Crippen molar-refractivity contribution in [3.63, 3.8) is 0 Å². The molecule has 0 rings (SSSR count). The Morgan fingerprint density at radius 3 is 2.00 bits per heavy atom. The summed E-state index contributed by atoms with van der Waals surface area (Å²) in [6, 6.07) is 0. The molecule has 0 spiro atoms. The van der Waals surface area contributed by atoms with Crippen LogP contribution < -0.4 is 5.73 Å². The van der Waals surface area contributed by atoms with Gasteiger partial charge in [0.2, 0.25) is 0 Å². The first-order valence-corrected chi connectivity index (χ1v) is 3.14. The molecule has 0 saturated heterocycles. The van der Waals surface area contributed by atoms with Crippen LogP contribution in [0.25, 0.3) is 0 Å². The van der Waals surface area contributed by atoms with Crippen LogP contribution in [0.2, 0.25) is 0 Å². The summed E-state index contributed by atoms with van der Waals surface area (Å²) in [4.78, 5) is 10.1. The van der Waals surface area contributed by atoms with Crippen molar-refractivity contribution in [2.24, 2.45) is 5.73 Å². The first-order chi connectivity index (χ1) is 4.68. The van der Waals surface area contributed by atoms with E-state index in [0.29, 0.717) is 13.2 Å². The van der Waals surface area contributed by atoms with E-state index in [1.807, 2.05) is 0 Å². The van der Waals surface area contributed by atoms with Crippen LogP contribution in [-0.4, -0.2) is 25.4 Å². The van der Waals surface area contributed by atoms with Crippen molar-refractivity contribution in [3.05, 3.63) is 0 Å². The summed E-state index contributed by atoms with van der Waals surface area (Å²) in [6.07, 6.45) is 1.46. The highest BCUT2D eigenvalue weighted by atomic mass is 16.7. The lowest BCUT2D eigenvalue weighted by Crippen LogP contribution is -2.47. The van der Waals surface area contributed by atoms with Crippen molar-refractivity contribution >= 4 is 6.29 Å². The molecule has 0 unspecified atom stereocenters. The Labute approximate surface area is 60.3 Å². The highest BCUT2D eigenvalue weighted by Gasteiger charge is 2.25. The molecule has 1 radical (unpaired) electrons. The number of nitrogens with two attached hydrogens (primary N) is 1. The van der Waals surface area contributed by atoms with Gasteiger partial charge in [0.15, 0.2) is 0 Å². The van der Waals surface area contributed by atoms with E-state index in [9.17, 15) is 4.79 Å². The lowest BCUT2D eigenvalue weighted by Gasteiger charge is -2.20. The van der Waals surface area contributed by atoms with Crippen LogP contribution in [0.15, 0.2) is 0 Å². The van der Waals surface area contributed by atoms with E-state index in [-0.39, 0.29) is 0 Å². The fourth-order valence-corrected chi connectivity index (χ4v) is 0.529. The fourth-order valence-electron chi connectivity index (χ4n) is 0.529. The second-order valence-electron chi connectivity index (χ2n) is 1.64. The lowest BCUT2D eigenvalue weighted by molar-refractivity contribution is -0.179. The molecule has 10 heavy (non-hydrogen) atoms. The Balaban J connectivity index is 3.81. The summed E-state index contributed by atoms with van der Waals surface area (Å²) < 4.78 is 9.50. The minimum absolute atomic E-state index is 0.325. The Bertz CT molecular complexity index is 99.2. The van der Waals surface area contributed by atoms with Gasteiger partial charge in [0, 0.05) is 13.2 Å². The summed E-state index contributed by atoms with van der Waals surface area (Å²) in [5.41, 5.74) is 5.25. The van der Waals surface area contributed by atoms with Crippen LogP contribution in [0.3, 0.4) is 0 Å². The van der Waals surface area contributed by atoms with Crippen LogP contribution in [0.1, 0.15) is 13.8 Å². The van der Waals surface area contributed by atoms with Gasteiger partial charge in [0.1, 0.15) is 0 Å². The van der Waals surface area contributed by atoms with E-state index in [0.717, 1.165) is 0 Å². The van der Waals surface area contributed by atoms with Crippen LogP contribution >= 0.6 is 0 Å². The molecule has 0 bridgehead atoms. The molecule has 0 amide bonds. The number of hydrogen-bond acceptors (Lipinski definition) is 4. The average molecular weight is 146 g/mol. The van der Waals surface area contributed by atoms with Crippen molar-refractivity contribution in [3.8, 4) is 0 Å². The molecular weight excluding hydrogens is 134 g/mol. The van der Waals surface area contributed by atoms with E-state index in [1.54, 1.807) is 13.8 Å². The quantitative estimate of drug-likeness (QED) is 0.545. The van der Waals surface area contributed by atoms with Gasteiger partial charge < -0.3 is 9.47 Å². The third-order valence-electron chi connectivity index (χ3n) is 0.860. The maximum Gasteiger partial charge on any atom is 0.295 e. The zero-order valence-electron chi connectivity index (χ0n) is 6.22. The summed E-state index contributed by atoms with van der Waals surface area (Å²) in [7, 11) is 0. The van der Waals surface area contributed by atoms with E-state index in [1.165, 1.54) is 6.29 Å². The molecule has 0 fully saturated rings. The average Bonchev–Trinajstić information content (AvgIpc) is 1.89. The Kier molecular flexibility index (Phi) is 4.18. The SMILES string of the molecule is CCOC(N)([C]=O)OCC. The summed E-state index contributed by atoms with van der Waals surface area (Å²) in [5.74, 6) is -1.66. The molecule has 0 aliphatic carbocycles. The number of rotatable bonds is 5. The molecule has 4 nitrogen and oxygen atoms in total. The number of carbonyl (C=O) groups excluding carboxylic acids is 1. The summed E-state index contributed by atoms with van der Waals surface area (Å²) >= 11 is 0. The fraction of sp³-hybridized carbons (Fsp3) is 0.833. The number of ether oxygens (including phenoxy) is 2. The molecule has 0 aromatic carbocycles. The topological polar surface area (TPSA) is 61.5 Å². The van der Waals surface area contributed by atoms with Crippen LogP contribution in [0.4, 0.5) is 0 Å². The maximum absolute atomic E-state index is 10.1. The Morgan fingerprint density at radius 2 is 1.80 bits per heavy atom. The lowest BCUT2D eigenvalue weighted by atomic mass is 10.5. The minimum atomic E-state index is -1.66. The molecule has 2 N–H and O–H groups in total. The predicted octanol–water partition coefficient (Wildman–Crippen LogP) is -0.218. The highest BCUT2D eigenvalue weighted by molar-refractivity contribution is 5.59. The Morgan fingerprint density at radius 1 is 1.40 bits per heavy atom. The molecule has 0 saturated carbocycles. The molecule has 0 atom stereocenters. The third kappa shape index (κ3) is 2.91. The van der Waals surface area contributed by atoms with Gasteiger partial charge >= 0.3 is 0 Å². The summed E-state index contributed by atoms with van der Waals surface area (Å²) in [6.45, 7) is 4.09. The van der Waals surface area contributed by atoms with Crippen molar-refractivity contribution in [1.29, 1.82) is 0 Å². The van der Waals surface area contributed by atoms with Gasteiger partial charge in [-0.25, -0.2) is 0 Å². The molecule has 0 aliphatic heterocycles. The second-order valence-corrected chi connectivity index (χ2v) is 1.64. The highest BCUT2D eigenvalue weighted by Crippen LogP contribution is 2.00. The molecule has 4 heteroatoms. The summed E-state index contributed by atoms with van der Waals surface area (Å²) in [5, 5.41) is 0. The smallest absolute Gasteiger partial charge is 0.295 e. The standard InChI is InChI=1S/C6H12NO3/c1-3-9-6(7,5-8)10-4-2/h3-4,7H2,1-2H3. The van der Waals surface area contributed by atoms with Crippen LogP contribution in [-0.2, 0) is 14.3 Å². The normalized spacial score (nSPS) is 11.5. The molecule has 59 valence electrons. The number of hydrogen-bond donors (Lipinski definition) is 1. The molecule has 0 aromatic rings. The first-order valence-electron chi connectivity index (χ1n) is 3.14. The minimum Gasteiger partial charge on any atom is -0.331 e. The van der Waals surface area contributed by atoms with Crippen LogP contribution in [0, 0.1) is 0 Å². The van der Waals surface area contributed by atoms with Gasteiger partial charge in [-0.05, 0) is 13.8 Å². The van der Waals surface area contributed by atoms with Gasteiger partial charge in [-0.15, -0.1) is 0 Å². The van der Waals surface area contributed by atoms with E-state index < -0.39 is 5.91 Å². The second kappa shape index (κ2) is 4.38.